The molecule has 1 aromatic rings. The summed E-state index contributed by atoms with van der Waals surface area (Å²) in [4.78, 5) is 37.1. The van der Waals surface area contributed by atoms with Crippen molar-refractivity contribution in [2.45, 2.75) is 39.2 Å². The number of hydrogen-bond acceptors (Lipinski definition) is 3. The number of fused-ring (bicyclic) bond motifs is 1. The van der Waals surface area contributed by atoms with Crippen LogP contribution in [-0.4, -0.2) is 41.8 Å². The van der Waals surface area contributed by atoms with E-state index in [1.54, 1.807) is 25.2 Å². The van der Waals surface area contributed by atoms with E-state index < -0.39 is 0 Å². The highest BCUT2D eigenvalue weighted by molar-refractivity contribution is 5.99. The summed E-state index contributed by atoms with van der Waals surface area (Å²) in [6, 6.07) is 5.20. The van der Waals surface area contributed by atoms with Crippen molar-refractivity contribution in [2.75, 3.05) is 18.9 Å². The molecule has 0 atom stereocenters. The van der Waals surface area contributed by atoms with Gasteiger partial charge in [-0.05, 0) is 51.0 Å². The Morgan fingerprint density at radius 2 is 1.96 bits per heavy atom. The van der Waals surface area contributed by atoms with Crippen molar-refractivity contribution in [3.05, 3.63) is 29.3 Å². The van der Waals surface area contributed by atoms with E-state index in [1.807, 2.05) is 20.8 Å². The largest absolute Gasteiger partial charge is 0.350 e. The SMILES string of the molecule is CN(CC(=O)NC(C)(C)C)C(=O)c1ccc2c(c1)CCC(=O)N2. The highest BCUT2D eigenvalue weighted by atomic mass is 16.2. The Kier molecular flexibility index (Phi) is 4.73. The van der Waals surface area contributed by atoms with Crippen LogP contribution in [0.2, 0.25) is 0 Å². The second-order valence-corrected chi connectivity index (χ2v) is 6.88. The maximum atomic E-state index is 12.5. The Morgan fingerprint density at radius 3 is 2.61 bits per heavy atom. The molecule has 1 aromatic carbocycles. The van der Waals surface area contributed by atoms with Gasteiger partial charge in [-0.25, -0.2) is 0 Å². The van der Waals surface area contributed by atoms with Crippen molar-refractivity contribution in [1.82, 2.24) is 10.2 Å². The number of aryl methyl sites for hydroxylation is 1. The van der Waals surface area contributed by atoms with Crippen LogP contribution < -0.4 is 10.6 Å². The molecule has 0 aromatic heterocycles. The lowest BCUT2D eigenvalue weighted by Crippen LogP contribution is -2.46. The number of carbonyl (C=O) groups is 3. The third-order valence-corrected chi connectivity index (χ3v) is 3.49. The third kappa shape index (κ3) is 4.55. The number of hydrogen-bond donors (Lipinski definition) is 2. The average molecular weight is 317 g/mol. The van der Waals surface area contributed by atoms with Gasteiger partial charge in [-0.2, -0.15) is 0 Å². The lowest BCUT2D eigenvalue weighted by atomic mass is 10.00. The van der Waals surface area contributed by atoms with Gasteiger partial charge in [0.1, 0.15) is 0 Å². The quantitative estimate of drug-likeness (QED) is 0.888. The molecule has 0 saturated carbocycles. The van der Waals surface area contributed by atoms with Crippen molar-refractivity contribution in [3.8, 4) is 0 Å². The van der Waals surface area contributed by atoms with E-state index in [4.69, 9.17) is 0 Å². The Hall–Kier alpha value is -2.37. The van der Waals surface area contributed by atoms with Gasteiger partial charge >= 0.3 is 0 Å². The van der Waals surface area contributed by atoms with E-state index in [9.17, 15) is 14.4 Å². The van der Waals surface area contributed by atoms with Crippen LogP contribution in [0.1, 0.15) is 43.1 Å². The van der Waals surface area contributed by atoms with Crippen LogP contribution in [0.5, 0.6) is 0 Å². The molecule has 6 heteroatoms. The second-order valence-electron chi connectivity index (χ2n) is 6.88. The molecule has 0 aliphatic carbocycles. The van der Waals surface area contributed by atoms with Crippen LogP contribution in [0.3, 0.4) is 0 Å². The monoisotopic (exact) mass is 317 g/mol. The minimum absolute atomic E-state index is 0.00389. The van der Waals surface area contributed by atoms with Gasteiger partial charge in [0, 0.05) is 30.3 Å². The number of benzene rings is 1. The van der Waals surface area contributed by atoms with Gasteiger partial charge < -0.3 is 15.5 Å². The number of amides is 3. The van der Waals surface area contributed by atoms with Crippen LogP contribution in [0, 0.1) is 0 Å². The summed E-state index contributed by atoms with van der Waals surface area (Å²) >= 11 is 0. The maximum absolute atomic E-state index is 12.5. The molecule has 0 spiro atoms. The number of nitrogens with one attached hydrogen (secondary N) is 2. The van der Waals surface area contributed by atoms with Gasteiger partial charge in [-0.1, -0.05) is 0 Å². The molecule has 3 amide bonds. The predicted molar refractivity (Wildman–Crippen MR) is 88.2 cm³/mol. The summed E-state index contributed by atoms with van der Waals surface area (Å²) in [6.45, 7) is 5.68. The zero-order chi connectivity index (χ0) is 17.2. The summed E-state index contributed by atoms with van der Waals surface area (Å²) in [7, 11) is 1.60. The molecule has 6 nitrogen and oxygen atoms in total. The van der Waals surface area contributed by atoms with Crippen molar-refractivity contribution in [3.63, 3.8) is 0 Å². The summed E-state index contributed by atoms with van der Waals surface area (Å²) in [5.74, 6) is -0.417. The van der Waals surface area contributed by atoms with Crippen molar-refractivity contribution in [1.29, 1.82) is 0 Å². The molecule has 1 aliphatic rings. The lowest BCUT2D eigenvalue weighted by molar-refractivity contribution is -0.123. The first-order chi connectivity index (χ1) is 10.7. The summed E-state index contributed by atoms with van der Waals surface area (Å²) in [5, 5.41) is 5.62. The molecule has 0 saturated heterocycles. The van der Waals surface area contributed by atoms with Gasteiger partial charge in [0.05, 0.1) is 6.54 Å². The van der Waals surface area contributed by atoms with Gasteiger partial charge in [0.2, 0.25) is 11.8 Å². The minimum Gasteiger partial charge on any atom is -0.350 e. The Labute approximate surface area is 136 Å². The molecule has 0 fully saturated rings. The predicted octanol–water partition coefficient (Wildman–Crippen LogP) is 1.56. The first-order valence-electron chi connectivity index (χ1n) is 7.65. The van der Waals surface area contributed by atoms with Gasteiger partial charge in [0.25, 0.3) is 5.91 Å². The number of anilines is 1. The number of rotatable bonds is 3. The fraction of sp³-hybridized carbons (Fsp3) is 0.471. The second kappa shape index (κ2) is 6.40. The first-order valence-corrected chi connectivity index (χ1v) is 7.65. The fourth-order valence-corrected chi connectivity index (χ4v) is 2.48. The fourth-order valence-electron chi connectivity index (χ4n) is 2.48. The van der Waals surface area contributed by atoms with Crippen molar-refractivity contribution < 1.29 is 14.4 Å². The molecule has 1 heterocycles. The Bertz CT molecular complexity index is 647. The van der Waals surface area contributed by atoms with Gasteiger partial charge in [-0.3, -0.25) is 14.4 Å². The minimum atomic E-state index is -0.328. The van der Waals surface area contributed by atoms with Crippen LogP contribution >= 0.6 is 0 Å². The van der Waals surface area contributed by atoms with Gasteiger partial charge in [-0.15, -0.1) is 0 Å². The highest BCUT2D eigenvalue weighted by Crippen LogP contribution is 2.24. The number of likely N-dealkylation sites (N-methyl/N-ethyl adjacent to an activating group) is 1. The molecular weight excluding hydrogens is 294 g/mol. The lowest BCUT2D eigenvalue weighted by Gasteiger charge is -2.24. The molecule has 1 aliphatic heterocycles. The first kappa shape index (κ1) is 17.0. The molecule has 0 radical (unpaired) electrons. The zero-order valence-electron chi connectivity index (χ0n) is 14.0. The van der Waals surface area contributed by atoms with Crippen LogP contribution in [0.25, 0.3) is 0 Å². The van der Waals surface area contributed by atoms with E-state index in [1.165, 1.54) is 4.90 Å². The normalized spacial score (nSPS) is 13.8. The Morgan fingerprint density at radius 1 is 1.26 bits per heavy atom. The number of carbonyl (C=O) groups excluding carboxylic acids is 3. The van der Waals surface area contributed by atoms with Gasteiger partial charge in [0.15, 0.2) is 0 Å². The molecule has 124 valence electrons. The molecule has 2 N–H and O–H groups in total. The van der Waals surface area contributed by atoms with Crippen molar-refractivity contribution in [2.24, 2.45) is 0 Å². The average Bonchev–Trinajstić information content (AvgIpc) is 2.43. The standard InChI is InChI=1S/C17H23N3O3/c1-17(2,3)19-15(22)10-20(4)16(23)12-5-7-13-11(9-12)6-8-14(21)18-13/h5,7,9H,6,8,10H2,1-4H3,(H,18,21)(H,19,22). The maximum Gasteiger partial charge on any atom is 0.254 e. The van der Waals surface area contributed by atoms with Crippen LogP contribution in [0.4, 0.5) is 5.69 Å². The van der Waals surface area contributed by atoms with E-state index in [0.29, 0.717) is 18.4 Å². The Balaban J connectivity index is 2.05. The van der Waals surface area contributed by atoms with Crippen molar-refractivity contribution >= 4 is 23.4 Å². The molecule has 23 heavy (non-hydrogen) atoms. The summed E-state index contributed by atoms with van der Waals surface area (Å²) < 4.78 is 0. The van der Waals surface area contributed by atoms with E-state index >= 15 is 0 Å². The van der Waals surface area contributed by atoms with E-state index in [0.717, 1.165) is 11.3 Å². The number of nitrogens with zero attached hydrogens (tertiary/aromatic N) is 1. The zero-order valence-corrected chi connectivity index (χ0v) is 14.0. The molecule has 2 rings (SSSR count). The third-order valence-electron chi connectivity index (χ3n) is 3.49. The molecular formula is C17H23N3O3. The highest BCUT2D eigenvalue weighted by Gasteiger charge is 2.21. The summed E-state index contributed by atoms with van der Waals surface area (Å²) in [6.07, 6.45) is 1.05. The van der Waals surface area contributed by atoms with E-state index in [2.05, 4.69) is 10.6 Å². The van der Waals surface area contributed by atoms with Crippen LogP contribution in [0.15, 0.2) is 18.2 Å². The topological polar surface area (TPSA) is 78.5 Å². The molecule has 0 bridgehead atoms. The molecule has 0 unspecified atom stereocenters. The summed E-state index contributed by atoms with van der Waals surface area (Å²) in [5.41, 5.74) is 1.89. The van der Waals surface area contributed by atoms with E-state index in [-0.39, 0.29) is 29.8 Å². The smallest absolute Gasteiger partial charge is 0.254 e. The van der Waals surface area contributed by atoms with Crippen LogP contribution in [-0.2, 0) is 16.0 Å².